The number of hydrogen-bond donors (Lipinski definition) is 0. The Morgan fingerprint density at radius 1 is 0.919 bits per heavy atom. The SMILES string of the molecule is CCCCCN1C(=O)N(CCCC)C(=O)/C1=C/c1cnc(CCCC)n1Cc1ccc(C(=O)OC)cc1. The van der Waals surface area contributed by atoms with Gasteiger partial charge in [-0.05, 0) is 43.0 Å². The molecule has 1 aliphatic rings. The number of aryl methyl sites for hydroxylation is 1. The van der Waals surface area contributed by atoms with E-state index in [1.54, 1.807) is 23.2 Å². The molecule has 1 saturated heterocycles. The van der Waals surface area contributed by atoms with E-state index >= 15 is 0 Å². The van der Waals surface area contributed by atoms with Crippen molar-refractivity contribution in [1.82, 2.24) is 19.4 Å². The number of urea groups is 1. The van der Waals surface area contributed by atoms with E-state index in [1.165, 1.54) is 12.0 Å². The number of carbonyl (C=O) groups is 3. The fourth-order valence-electron chi connectivity index (χ4n) is 4.43. The molecule has 2 heterocycles. The Kier molecular flexibility index (Phi) is 10.5. The maximum Gasteiger partial charge on any atom is 0.337 e. The third-order valence-corrected chi connectivity index (χ3v) is 6.66. The van der Waals surface area contributed by atoms with E-state index in [9.17, 15) is 14.4 Å². The number of ether oxygens (including phenoxy) is 1. The first kappa shape index (κ1) is 28.2. The van der Waals surface area contributed by atoms with E-state index in [-0.39, 0.29) is 17.9 Å². The first-order chi connectivity index (χ1) is 17.9. The molecule has 8 heteroatoms. The van der Waals surface area contributed by atoms with Crippen molar-refractivity contribution in [2.24, 2.45) is 0 Å². The minimum Gasteiger partial charge on any atom is -0.465 e. The van der Waals surface area contributed by atoms with Crippen LogP contribution in [0.15, 0.2) is 36.2 Å². The number of nitrogens with zero attached hydrogens (tertiary/aromatic N) is 4. The monoisotopic (exact) mass is 508 g/mol. The molecule has 0 N–H and O–H groups in total. The summed E-state index contributed by atoms with van der Waals surface area (Å²) < 4.78 is 6.91. The topological polar surface area (TPSA) is 84.7 Å². The molecule has 1 fully saturated rings. The zero-order valence-corrected chi connectivity index (χ0v) is 22.7. The molecule has 2 aromatic rings. The van der Waals surface area contributed by atoms with Crippen molar-refractivity contribution < 1.29 is 19.1 Å². The minimum atomic E-state index is -0.372. The number of imidazole rings is 1. The molecule has 0 aliphatic carbocycles. The molecule has 0 spiro atoms. The molecule has 0 radical (unpaired) electrons. The Labute approximate surface area is 220 Å². The molecule has 3 rings (SSSR count). The highest BCUT2D eigenvalue weighted by atomic mass is 16.5. The van der Waals surface area contributed by atoms with Gasteiger partial charge < -0.3 is 9.30 Å². The second-order valence-electron chi connectivity index (χ2n) is 9.46. The Hall–Kier alpha value is -3.42. The van der Waals surface area contributed by atoms with Crippen molar-refractivity contribution in [2.45, 2.75) is 78.7 Å². The normalized spacial score (nSPS) is 14.8. The van der Waals surface area contributed by atoms with Gasteiger partial charge in [0.15, 0.2) is 0 Å². The minimum absolute atomic E-state index is 0.225. The number of amides is 3. The van der Waals surface area contributed by atoms with E-state index in [0.717, 1.165) is 68.4 Å². The summed E-state index contributed by atoms with van der Waals surface area (Å²) in [6.07, 6.45) is 11.1. The Bertz CT molecular complexity index is 1100. The molecular weight excluding hydrogens is 468 g/mol. The molecule has 0 unspecified atom stereocenters. The molecule has 0 saturated carbocycles. The molecule has 0 atom stereocenters. The van der Waals surface area contributed by atoms with Gasteiger partial charge in [-0.15, -0.1) is 0 Å². The highest BCUT2D eigenvalue weighted by Gasteiger charge is 2.40. The van der Waals surface area contributed by atoms with Crippen LogP contribution in [0.4, 0.5) is 4.79 Å². The predicted molar refractivity (Wildman–Crippen MR) is 144 cm³/mol. The molecule has 37 heavy (non-hydrogen) atoms. The van der Waals surface area contributed by atoms with Crippen LogP contribution >= 0.6 is 0 Å². The lowest BCUT2D eigenvalue weighted by molar-refractivity contribution is -0.123. The zero-order chi connectivity index (χ0) is 26.8. The van der Waals surface area contributed by atoms with Crippen LogP contribution in [0, 0.1) is 0 Å². The maximum atomic E-state index is 13.4. The lowest BCUT2D eigenvalue weighted by Crippen LogP contribution is -2.34. The average molecular weight is 509 g/mol. The highest BCUT2D eigenvalue weighted by Crippen LogP contribution is 2.26. The van der Waals surface area contributed by atoms with E-state index in [0.29, 0.717) is 30.9 Å². The van der Waals surface area contributed by atoms with Gasteiger partial charge >= 0.3 is 12.0 Å². The maximum absolute atomic E-state index is 13.4. The summed E-state index contributed by atoms with van der Waals surface area (Å²) >= 11 is 0. The molecule has 1 aromatic carbocycles. The number of aromatic nitrogens is 2. The van der Waals surface area contributed by atoms with Crippen molar-refractivity contribution in [3.63, 3.8) is 0 Å². The third kappa shape index (κ3) is 6.87. The third-order valence-electron chi connectivity index (χ3n) is 6.66. The van der Waals surface area contributed by atoms with Gasteiger partial charge in [-0.3, -0.25) is 14.6 Å². The fourth-order valence-corrected chi connectivity index (χ4v) is 4.43. The van der Waals surface area contributed by atoms with Crippen LogP contribution in [-0.2, 0) is 22.5 Å². The number of imide groups is 1. The summed E-state index contributed by atoms with van der Waals surface area (Å²) in [6.45, 7) is 7.81. The summed E-state index contributed by atoms with van der Waals surface area (Å²) in [5.74, 6) is 0.326. The van der Waals surface area contributed by atoms with E-state index < -0.39 is 0 Å². The second kappa shape index (κ2) is 13.8. The lowest BCUT2D eigenvalue weighted by Gasteiger charge is -2.17. The number of unbranched alkanes of at least 4 members (excludes halogenated alkanes) is 4. The number of benzene rings is 1. The standard InChI is InChI=1S/C29H40N4O4/c1-5-8-11-18-31-25(27(34)32(29(31)36)17-10-7-3)19-24-20-30-26(12-9-6-2)33(24)21-22-13-15-23(16-14-22)28(35)37-4/h13-16,19-20H,5-12,17-18,21H2,1-4H3/b25-19-. The summed E-state index contributed by atoms with van der Waals surface area (Å²) in [6, 6.07) is 7.09. The van der Waals surface area contributed by atoms with Crippen LogP contribution in [0.3, 0.4) is 0 Å². The largest absolute Gasteiger partial charge is 0.465 e. The molecule has 0 bridgehead atoms. The van der Waals surface area contributed by atoms with Gasteiger partial charge in [0.2, 0.25) is 0 Å². The molecule has 200 valence electrons. The quantitative estimate of drug-likeness (QED) is 0.142. The number of methoxy groups -OCH3 is 1. The first-order valence-electron chi connectivity index (χ1n) is 13.5. The van der Waals surface area contributed by atoms with Gasteiger partial charge in [0.05, 0.1) is 24.6 Å². The smallest absolute Gasteiger partial charge is 0.337 e. The van der Waals surface area contributed by atoms with E-state index in [2.05, 4.69) is 30.3 Å². The van der Waals surface area contributed by atoms with E-state index in [4.69, 9.17) is 4.74 Å². The molecule has 8 nitrogen and oxygen atoms in total. The molecule has 1 aliphatic heterocycles. The van der Waals surface area contributed by atoms with Crippen molar-refractivity contribution in [1.29, 1.82) is 0 Å². The van der Waals surface area contributed by atoms with Crippen molar-refractivity contribution in [3.8, 4) is 0 Å². The average Bonchev–Trinajstić information content (AvgIpc) is 3.38. The van der Waals surface area contributed by atoms with Gasteiger partial charge in [0, 0.05) is 26.1 Å². The van der Waals surface area contributed by atoms with Crippen molar-refractivity contribution >= 4 is 24.0 Å². The Morgan fingerprint density at radius 3 is 2.24 bits per heavy atom. The number of carbonyl (C=O) groups excluding carboxylic acids is 3. The van der Waals surface area contributed by atoms with Crippen LogP contribution in [0.25, 0.3) is 6.08 Å². The summed E-state index contributed by atoms with van der Waals surface area (Å²) in [5.41, 5.74) is 2.70. The molecule has 3 amide bonds. The van der Waals surface area contributed by atoms with E-state index in [1.807, 2.05) is 18.2 Å². The van der Waals surface area contributed by atoms with Gasteiger partial charge in [-0.2, -0.15) is 0 Å². The summed E-state index contributed by atoms with van der Waals surface area (Å²) in [4.78, 5) is 46.1. The van der Waals surface area contributed by atoms with Gasteiger partial charge in [-0.25, -0.2) is 14.6 Å². The second-order valence-corrected chi connectivity index (χ2v) is 9.46. The first-order valence-corrected chi connectivity index (χ1v) is 13.5. The fraction of sp³-hybridized carbons (Fsp3) is 0.517. The zero-order valence-electron chi connectivity index (χ0n) is 22.7. The van der Waals surface area contributed by atoms with Gasteiger partial charge in [0.1, 0.15) is 11.5 Å². The van der Waals surface area contributed by atoms with Crippen LogP contribution in [0.1, 0.15) is 93.2 Å². The van der Waals surface area contributed by atoms with Gasteiger partial charge in [-0.1, -0.05) is 58.6 Å². The van der Waals surface area contributed by atoms with Crippen LogP contribution < -0.4 is 0 Å². The molecular formula is C29H40N4O4. The Morgan fingerprint density at radius 2 is 1.59 bits per heavy atom. The van der Waals surface area contributed by atoms with Crippen LogP contribution in [0.5, 0.6) is 0 Å². The van der Waals surface area contributed by atoms with Crippen molar-refractivity contribution in [2.75, 3.05) is 20.2 Å². The van der Waals surface area contributed by atoms with Gasteiger partial charge in [0.25, 0.3) is 5.91 Å². The predicted octanol–water partition coefficient (Wildman–Crippen LogP) is 5.66. The Balaban J connectivity index is 1.97. The number of esters is 1. The highest BCUT2D eigenvalue weighted by molar-refractivity contribution is 6.13. The summed E-state index contributed by atoms with van der Waals surface area (Å²) in [7, 11) is 1.37. The van der Waals surface area contributed by atoms with Crippen LogP contribution in [0.2, 0.25) is 0 Å². The number of rotatable bonds is 14. The summed E-state index contributed by atoms with van der Waals surface area (Å²) in [5, 5.41) is 0. The van der Waals surface area contributed by atoms with Crippen LogP contribution in [-0.4, -0.2) is 57.5 Å². The lowest BCUT2D eigenvalue weighted by atomic mass is 10.1. The molecule has 1 aromatic heterocycles. The number of hydrogen-bond acceptors (Lipinski definition) is 5. The van der Waals surface area contributed by atoms with Crippen molar-refractivity contribution in [3.05, 3.63) is 58.8 Å².